The van der Waals surface area contributed by atoms with Crippen LogP contribution in [0.4, 0.5) is 0 Å². The van der Waals surface area contributed by atoms with E-state index in [9.17, 15) is 9.59 Å². The first-order valence-corrected chi connectivity index (χ1v) is 8.56. The van der Waals surface area contributed by atoms with Crippen LogP contribution >= 0.6 is 15.9 Å². The Kier molecular flexibility index (Phi) is 6.58. The minimum Gasteiger partial charge on any atom is -0.493 e. The molecule has 2 aromatic rings. The van der Waals surface area contributed by atoms with Gasteiger partial charge in [-0.3, -0.25) is 9.59 Å². The Hall–Kier alpha value is -2.34. The topological polar surface area (TPSA) is 64.6 Å². The summed E-state index contributed by atoms with van der Waals surface area (Å²) in [6.45, 7) is 4.08. The highest BCUT2D eigenvalue weighted by molar-refractivity contribution is 9.10. The number of hydrogen-bond acceptors (Lipinski definition) is 4. The number of rotatable bonds is 7. The van der Waals surface area contributed by atoms with Crippen LogP contribution in [0.5, 0.6) is 11.5 Å². The van der Waals surface area contributed by atoms with Gasteiger partial charge in [0.1, 0.15) is 0 Å². The van der Waals surface area contributed by atoms with Crippen molar-refractivity contribution in [2.24, 2.45) is 0 Å². The third kappa shape index (κ3) is 5.06. The van der Waals surface area contributed by atoms with Crippen molar-refractivity contribution in [3.05, 3.63) is 57.6 Å². The minimum atomic E-state index is -0.736. The molecule has 0 saturated heterocycles. The number of amides is 1. The van der Waals surface area contributed by atoms with Gasteiger partial charge in [0.05, 0.1) is 7.11 Å². The number of aryl methyl sites for hydroxylation is 1. The standard InChI is InChI=1S/C19H20BrNO4/c1-12-4-6-14(7-5-12)10-21-19(23)13(2)25-18-8-15(11-22)16(20)9-17(18)24-3/h4-9,11,13H,10H2,1-3H3,(H,21,23)/t13-/m0/s1. The molecule has 132 valence electrons. The summed E-state index contributed by atoms with van der Waals surface area (Å²) in [6, 6.07) is 11.1. The summed E-state index contributed by atoms with van der Waals surface area (Å²) in [7, 11) is 1.50. The number of carbonyl (C=O) groups is 2. The summed E-state index contributed by atoms with van der Waals surface area (Å²) in [5.41, 5.74) is 2.60. The van der Waals surface area contributed by atoms with E-state index in [1.165, 1.54) is 12.7 Å². The van der Waals surface area contributed by atoms with Crippen LogP contribution in [0.3, 0.4) is 0 Å². The van der Waals surface area contributed by atoms with E-state index in [1.54, 1.807) is 19.1 Å². The fraction of sp³-hybridized carbons (Fsp3) is 0.263. The van der Waals surface area contributed by atoms with Crippen LogP contribution in [0.25, 0.3) is 0 Å². The van der Waals surface area contributed by atoms with Crippen molar-refractivity contribution in [2.45, 2.75) is 26.5 Å². The molecular weight excluding hydrogens is 386 g/mol. The van der Waals surface area contributed by atoms with Gasteiger partial charge >= 0.3 is 0 Å². The lowest BCUT2D eigenvalue weighted by atomic mass is 10.1. The van der Waals surface area contributed by atoms with E-state index in [0.717, 1.165) is 5.56 Å². The van der Waals surface area contributed by atoms with E-state index >= 15 is 0 Å². The maximum absolute atomic E-state index is 12.3. The summed E-state index contributed by atoms with van der Waals surface area (Å²) < 4.78 is 11.5. The van der Waals surface area contributed by atoms with Crippen molar-refractivity contribution < 1.29 is 19.1 Å². The zero-order chi connectivity index (χ0) is 18.4. The molecule has 0 aliphatic rings. The van der Waals surface area contributed by atoms with Gasteiger partial charge in [-0.05, 0) is 47.5 Å². The van der Waals surface area contributed by atoms with Gasteiger partial charge in [-0.2, -0.15) is 0 Å². The number of benzene rings is 2. The predicted molar refractivity (Wildman–Crippen MR) is 99.2 cm³/mol. The molecule has 0 heterocycles. The van der Waals surface area contributed by atoms with Gasteiger partial charge in [0.15, 0.2) is 23.9 Å². The van der Waals surface area contributed by atoms with Gasteiger partial charge < -0.3 is 14.8 Å². The SMILES string of the molecule is COc1cc(Br)c(C=O)cc1O[C@@H](C)C(=O)NCc1ccc(C)cc1. The monoisotopic (exact) mass is 405 g/mol. The van der Waals surface area contributed by atoms with Crippen LogP contribution < -0.4 is 14.8 Å². The van der Waals surface area contributed by atoms with Gasteiger partial charge in [0, 0.05) is 16.6 Å². The lowest BCUT2D eigenvalue weighted by Gasteiger charge is -2.17. The number of carbonyl (C=O) groups excluding carboxylic acids is 2. The maximum atomic E-state index is 12.3. The first-order chi connectivity index (χ1) is 11.9. The van der Waals surface area contributed by atoms with Crippen LogP contribution in [0, 0.1) is 6.92 Å². The molecule has 6 heteroatoms. The largest absolute Gasteiger partial charge is 0.493 e. The minimum absolute atomic E-state index is 0.252. The Morgan fingerprint density at radius 1 is 1.24 bits per heavy atom. The normalized spacial score (nSPS) is 11.5. The molecule has 5 nitrogen and oxygen atoms in total. The fourth-order valence-electron chi connectivity index (χ4n) is 2.18. The van der Waals surface area contributed by atoms with Crippen molar-refractivity contribution in [3.63, 3.8) is 0 Å². The molecule has 2 aromatic carbocycles. The third-order valence-corrected chi connectivity index (χ3v) is 4.36. The highest BCUT2D eigenvalue weighted by Gasteiger charge is 2.18. The van der Waals surface area contributed by atoms with Crippen LogP contribution in [0.15, 0.2) is 40.9 Å². The summed E-state index contributed by atoms with van der Waals surface area (Å²) in [5, 5.41) is 2.83. The van der Waals surface area contributed by atoms with Gasteiger partial charge in [0.2, 0.25) is 0 Å². The molecule has 0 spiro atoms. The molecule has 2 rings (SSSR count). The van der Waals surface area contributed by atoms with E-state index in [-0.39, 0.29) is 5.91 Å². The molecule has 0 fully saturated rings. The van der Waals surface area contributed by atoms with Crippen molar-refractivity contribution in [1.82, 2.24) is 5.32 Å². The lowest BCUT2D eigenvalue weighted by Crippen LogP contribution is -2.36. The molecule has 0 aliphatic carbocycles. The fourth-order valence-corrected chi connectivity index (χ4v) is 2.59. The Balaban J connectivity index is 2.03. The number of methoxy groups -OCH3 is 1. The first kappa shape index (κ1) is 19.0. The number of aldehydes is 1. The Bertz CT molecular complexity index is 759. The van der Waals surface area contributed by atoms with Crippen LogP contribution in [-0.4, -0.2) is 25.4 Å². The molecule has 1 N–H and O–H groups in total. The Morgan fingerprint density at radius 2 is 1.92 bits per heavy atom. The highest BCUT2D eigenvalue weighted by atomic mass is 79.9. The molecule has 0 saturated carbocycles. The van der Waals surface area contributed by atoms with Crippen LogP contribution in [-0.2, 0) is 11.3 Å². The molecule has 1 amide bonds. The molecule has 1 atom stereocenters. The molecule has 0 aliphatic heterocycles. The molecule has 0 bridgehead atoms. The van der Waals surface area contributed by atoms with E-state index in [4.69, 9.17) is 9.47 Å². The number of hydrogen-bond donors (Lipinski definition) is 1. The molecule has 0 radical (unpaired) electrons. The summed E-state index contributed by atoms with van der Waals surface area (Å²) in [6.07, 6.45) is -0.0292. The summed E-state index contributed by atoms with van der Waals surface area (Å²) in [4.78, 5) is 23.3. The highest BCUT2D eigenvalue weighted by Crippen LogP contribution is 2.33. The molecule has 0 unspecified atom stereocenters. The third-order valence-electron chi connectivity index (χ3n) is 3.67. The maximum Gasteiger partial charge on any atom is 0.261 e. The zero-order valence-corrected chi connectivity index (χ0v) is 15.9. The second-order valence-corrected chi connectivity index (χ2v) is 6.46. The molecular formula is C19H20BrNO4. The van der Waals surface area contributed by atoms with Crippen molar-refractivity contribution >= 4 is 28.1 Å². The number of halogens is 1. The zero-order valence-electron chi connectivity index (χ0n) is 14.3. The average Bonchev–Trinajstić information content (AvgIpc) is 2.61. The Morgan fingerprint density at radius 3 is 2.52 bits per heavy atom. The second-order valence-electron chi connectivity index (χ2n) is 5.61. The van der Waals surface area contributed by atoms with Crippen molar-refractivity contribution in [1.29, 1.82) is 0 Å². The van der Waals surface area contributed by atoms with Crippen LogP contribution in [0.2, 0.25) is 0 Å². The first-order valence-electron chi connectivity index (χ1n) is 7.77. The smallest absolute Gasteiger partial charge is 0.261 e. The van der Waals surface area contributed by atoms with E-state index in [2.05, 4.69) is 21.2 Å². The van der Waals surface area contributed by atoms with Crippen molar-refractivity contribution in [2.75, 3.05) is 7.11 Å². The summed E-state index contributed by atoms with van der Waals surface area (Å²) >= 11 is 3.29. The second kappa shape index (κ2) is 8.67. The van der Waals surface area contributed by atoms with E-state index in [0.29, 0.717) is 34.4 Å². The van der Waals surface area contributed by atoms with Gasteiger partial charge in [-0.15, -0.1) is 0 Å². The van der Waals surface area contributed by atoms with Crippen molar-refractivity contribution in [3.8, 4) is 11.5 Å². The molecule has 0 aromatic heterocycles. The molecule has 25 heavy (non-hydrogen) atoms. The Labute approximate surface area is 155 Å². The van der Waals surface area contributed by atoms with E-state index in [1.807, 2.05) is 31.2 Å². The quantitative estimate of drug-likeness (QED) is 0.713. The predicted octanol–water partition coefficient (Wildman–Crippen LogP) is 3.66. The van der Waals surface area contributed by atoms with Gasteiger partial charge in [0.25, 0.3) is 5.91 Å². The van der Waals surface area contributed by atoms with Gasteiger partial charge in [-0.25, -0.2) is 0 Å². The van der Waals surface area contributed by atoms with Gasteiger partial charge in [-0.1, -0.05) is 29.8 Å². The van der Waals surface area contributed by atoms with E-state index < -0.39 is 6.10 Å². The average molecular weight is 406 g/mol. The van der Waals surface area contributed by atoms with Crippen LogP contribution in [0.1, 0.15) is 28.4 Å². The summed E-state index contributed by atoms with van der Waals surface area (Å²) in [5.74, 6) is 0.527. The number of ether oxygens (including phenoxy) is 2. The lowest BCUT2D eigenvalue weighted by molar-refractivity contribution is -0.127. The number of nitrogens with one attached hydrogen (secondary N) is 1.